The average Bonchev–Trinajstić information content (AvgIpc) is 3.32. The number of benzene rings is 1. The average molecular weight is 603 g/mol. The van der Waals surface area contributed by atoms with Gasteiger partial charge in [-0.05, 0) is 72.8 Å². The second kappa shape index (κ2) is 12.3. The van der Waals surface area contributed by atoms with E-state index in [0.717, 1.165) is 12.8 Å². The van der Waals surface area contributed by atoms with Gasteiger partial charge in [-0.25, -0.2) is 19.0 Å². The molecule has 42 heavy (non-hydrogen) atoms. The molecule has 2 aromatic rings. The quantitative estimate of drug-likeness (QED) is 0.343. The van der Waals surface area contributed by atoms with Crippen LogP contribution in [0.5, 0.6) is 5.88 Å². The topological polar surface area (TPSA) is 126 Å². The number of thioether (sulfide) groups is 1. The first kappa shape index (κ1) is 31.3. The van der Waals surface area contributed by atoms with Gasteiger partial charge in [0.25, 0.3) is 5.91 Å². The molecule has 228 valence electrons. The third kappa shape index (κ3) is 7.23. The molecule has 0 saturated carbocycles. The van der Waals surface area contributed by atoms with E-state index in [1.165, 1.54) is 23.9 Å². The first-order chi connectivity index (χ1) is 19.7. The Morgan fingerprint density at radius 3 is 2.64 bits per heavy atom. The summed E-state index contributed by atoms with van der Waals surface area (Å²) in [5, 5.41) is 5.39. The van der Waals surface area contributed by atoms with E-state index in [0.29, 0.717) is 23.8 Å². The minimum absolute atomic E-state index is 0.0104. The first-order valence-electron chi connectivity index (χ1n) is 14.0. The number of halogens is 1. The smallest absolute Gasteiger partial charge is 0.410 e. The number of amides is 4. The van der Waals surface area contributed by atoms with Crippen LogP contribution in [0.25, 0.3) is 11.3 Å². The van der Waals surface area contributed by atoms with Gasteiger partial charge in [0, 0.05) is 25.2 Å². The van der Waals surface area contributed by atoms with Crippen LogP contribution in [0.3, 0.4) is 0 Å². The van der Waals surface area contributed by atoms with E-state index in [-0.39, 0.29) is 47.9 Å². The summed E-state index contributed by atoms with van der Waals surface area (Å²) in [6, 6.07) is 3.47. The standard InChI is InChI=1S/C29H39FN6O5S/c1-8-31-25(38)32-20-12-11-17(14-19(20)30)22-21-23(34-26(33-22)42-7)40-29(5,6)16-35(24(21)37)15-18-10-9-13-36(18)27(39)41-28(2,3)4/h11-12,14,18H,8-10,13,15-16H2,1-7H3,(H2,31,32,38). The number of ether oxygens (including phenoxy) is 2. The second-order valence-electron chi connectivity index (χ2n) is 11.9. The zero-order valence-electron chi connectivity index (χ0n) is 25.2. The van der Waals surface area contributed by atoms with E-state index in [1.54, 1.807) is 29.0 Å². The van der Waals surface area contributed by atoms with Crippen molar-refractivity contribution < 1.29 is 28.2 Å². The number of likely N-dealkylation sites (tertiary alicyclic amines) is 1. The van der Waals surface area contributed by atoms with Crippen molar-refractivity contribution in [1.29, 1.82) is 0 Å². The Bertz CT molecular complexity index is 1360. The Morgan fingerprint density at radius 1 is 1.26 bits per heavy atom. The lowest BCUT2D eigenvalue weighted by molar-refractivity contribution is 0.0158. The van der Waals surface area contributed by atoms with Gasteiger partial charge < -0.3 is 29.9 Å². The predicted octanol–water partition coefficient (Wildman–Crippen LogP) is 5.16. The van der Waals surface area contributed by atoms with E-state index in [2.05, 4.69) is 20.6 Å². The van der Waals surface area contributed by atoms with Gasteiger partial charge in [-0.2, -0.15) is 4.98 Å². The molecule has 0 radical (unpaired) electrons. The third-order valence-corrected chi connectivity index (χ3v) is 7.30. The fourth-order valence-electron chi connectivity index (χ4n) is 5.05. The summed E-state index contributed by atoms with van der Waals surface area (Å²) >= 11 is 1.27. The lowest BCUT2D eigenvalue weighted by atomic mass is 10.0. The number of anilines is 1. The maximum atomic E-state index is 15.2. The number of hydrogen-bond donors (Lipinski definition) is 2. The van der Waals surface area contributed by atoms with E-state index in [4.69, 9.17) is 9.47 Å². The number of carbonyl (C=O) groups is 3. The second-order valence-corrected chi connectivity index (χ2v) is 12.7. The van der Waals surface area contributed by atoms with Crippen LogP contribution in [0.1, 0.15) is 64.7 Å². The number of nitrogens with zero attached hydrogens (tertiary/aromatic N) is 4. The van der Waals surface area contributed by atoms with Crippen molar-refractivity contribution in [2.45, 2.75) is 76.8 Å². The molecule has 1 saturated heterocycles. The van der Waals surface area contributed by atoms with E-state index in [9.17, 15) is 14.4 Å². The summed E-state index contributed by atoms with van der Waals surface area (Å²) in [7, 11) is 0. The summed E-state index contributed by atoms with van der Waals surface area (Å²) in [5.74, 6) is -0.948. The highest BCUT2D eigenvalue weighted by atomic mass is 32.2. The number of urea groups is 1. The Balaban J connectivity index is 1.72. The van der Waals surface area contributed by atoms with Gasteiger partial charge in [-0.3, -0.25) is 4.79 Å². The fraction of sp³-hybridized carbons (Fsp3) is 0.552. The Hall–Kier alpha value is -3.61. The van der Waals surface area contributed by atoms with E-state index >= 15 is 4.39 Å². The number of rotatable bonds is 6. The molecule has 1 fully saturated rings. The molecule has 2 N–H and O–H groups in total. The van der Waals surface area contributed by atoms with E-state index in [1.807, 2.05) is 34.6 Å². The molecule has 1 aromatic heterocycles. The summed E-state index contributed by atoms with van der Waals surface area (Å²) in [6.07, 6.45) is 2.90. The highest BCUT2D eigenvalue weighted by Gasteiger charge is 2.41. The highest BCUT2D eigenvalue weighted by molar-refractivity contribution is 7.98. The predicted molar refractivity (Wildman–Crippen MR) is 158 cm³/mol. The maximum Gasteiger partial charge on any atom is 0.410 e. The lowest BCUT2D eigenvalue weighted by Gasteiger charge is -2.34. The molecule has 4 amide bonds. The minimum Gasteiger partial charge on any atom is -0.469 e. The van der Waals surface area contributed by atoms with Gasteiger partial charge >= 0.3 is 12.1 Å². The van der Waals surface area contributed by atoms with Crippen molar-refractivity contribution >= 4 is 35.5 Å². The van der Waals surface area contributed by atoms with E-state index < -0.39 is 29.1 Å². The van der Waals surface area contributed by atoms with Gasteiger partial charge in [-0.1, -0.05) is 17.8 Å². The molecule has 1 unspecified atom stereocenters. The Kier molecular flexibility index (Phi) is 9.19. The molecule has 3 heterocycles. The normalized spacial score (nSPS) is 18.2. The number of carbonyl (C=O) groups excluding carboxylic acids is 3. The lowest BCUT2D eigenvalue weighted by Crippen LogP contribution is -2.50. The Morgan fingerprint density at radius 2 is 2.00 bits per heavy atom. The fourth-order valence-corrected chi connectivity index (χ4v) is 5.41. The zero-order valence-corrected chi connectivity index (χ0v) is 26.0. The molecular formula is C29H39FN6O5S. The zero-order chi connectivity index (χ0) is 30.8. The minimum atomic E-state index is -0.816. The SMILES string of the molecule is CCNC(=O)Nc1ccc(-c2nc(SC)nc3c2C(=O)N(CC2CCCN2C(=O)OC(C)(C)C)CC(C)(C)O3)cc1F. The molecular weight excluding hydrogens is 563 g/mol. The molecule has 13 heteroatoms. The van der Waals surface area contributed by atoms with Crippen LogP contribution in [0.2, 0.25) is 0 Å². The molecule has 1 aromatic carbocycles. The number of nitrogens with one attached hydrogen (secondary N) is 2. The molecule has 2 aliphatic heterocycles. The van der Waals surface area contributed by atoms with Crippen molar-refractivity contribution in [3.63, 3.8) is 0 Å². The molecule has 0 aliphatic carbocycles. The van der Waals surface area contributed by atoms with Crippen LogP contribution < -0.4 is 15.4 Å². The maximum absolute atomic E-state index is 15.2. The van der Waals surface area contributed by atoms with Crippen LogP contribution >= 0.6 is 11.8 Å². The van der Waals surface area contributed by atoms with Gasteiger partial charge in [0.1, 0.15) is 22.6 Å². The van der Waals surface area contributed by atoms with Crippen molar-refractivity contribution in [2.24, 2.45) is 0 Å². The molecule has 1 atom stereocenters. The van der Waals surface area contributed by atoms with Gasteiger partial charge in [0.2, 0.25) is 5.88 Å². The summed E-state index contributed by atoms with van der Waals surface area (Å²) in [6.45, 7) is 12.4. The first-order valence-corrected chi connectivity index (χ1v) is 15.2. The van der Waals surface area contributed by atoms with Crippen LogP contribution in [0.4, 0.5) is 19.7 Å². The molecule has 4 rings (SSSR count). The van der Waals surface area contributed by atoms with Crippen LogP contribution in [-0.4, -0.2) is 87.5 Å². The van der Waals surface area contributed by atoms with Crippen molar-refractivity contribution in [3.05, 3.63) is 29.6 Å². The van der Waals surface area contributed by atoms with Crippen LogP contribution in [0, 0.1) is 5.82 Å². The molecule has 0 bridgehead atoms. The van der Waals surface area contributed by atoms with Crippen LogP contribution in [0.15, 0.2) is 23.4 Å². The van der Waals surface area contributed by atoms with Crippen LogP contribution in [-0.2, 0) is 4.74 Å². The number of hydrogen-bond acceptors (Lipinski definition) is 8. The van der Waals surface area contributed by atoms with Crippen molar-refractivity contribution in [1.82, 2.24) is 25.1 Å². The Labute approximate surface area is 249 Å². The van der Waals surface area contributed by atoms with Crippen molar-refractivity contribution in [3.8, 4) is 17.1 Å². The van der Waals surface area contributed by atoms with Crippen molar-refractivity contribution in [2.75, 3.05) is 37.8 Å². The third-order valence-electron chi connectivity index (χ3n) is 6.75. The molecule has 2 aliphatic rings. The largest absolute Gasteiger partial charge is 0.469 e. The monoisotopic (exact) mass is 602 g/mol. The number of aromatic nitrogens is 2. The van der Waals surface area contributed by atoms with Gasteiger partial charge in [-0.15, -0.1) is 0 Å². The summed E-state index contributed by atoms with van der Waals surface area (Å²) in [5.41, 5.74) is -0.804. The van der Waals surface area contributed by atoms with Gasteiger partial charge in [0.05, 0.1) is 24.0 Å². The molecule has 11 nitrogen and oxygen atoms in total. The summed E-state index contributed by atoms with van der Waals surface area (Å²) in [4.78, 5) is 51.6. The highest BCUT2D eigenvalue weighted by Crippen LogP contribution is 2.37. The molecule has 0 spiro atoms. The number of fused-ring (bicyclic) bond motifs is 1. The summed E-state index contributed by atoms with van der Waals surface area (Å²) < 4.78 is 27.1. The van der Waals surface area contributed by atoms with Gasteiger partial charge in [0.15, 0.2) is 5.16 Å².